The summed E-state index contributed by atoms with van der Waals surface area (Å²) >= 11 is 0. The fourth-order valence-corrected chi connectivity index (χ4v) is 2.37. The van der Waals surface area contributed by atoms with Gasteiger partial charge in [-0.2, -0.15) is 5.10 Å². The first-order chi connectivity index (χ1) is 9.32. The van der Waals surface area contributed by atoms with Crippen molar-refractivity contribution in [2.24, 2.45) is 18.4 Å². The smallest absolute Gasteiger partial charge is 0.0521 e. The molecule has 0 amide bonds. The average molecular weight is 279 g/mol. The molecular weight excluding hydrogens is 246 g/mol. The zero-order chi connectivity index (χ0) is 15.2. The summed E-state index contributed by atoms with van der Waals surface area (Å²) in [5, 5.41) is 7.98. The number of nitrogens with zero attached hydrogens (tertiary/aromatic N) is 2. The monoisotopic (exact) mass is 279 g/mol. The molecule has 1 heterocycles. The minimum Gasteiger partial charge on any atom is -0.314 e. The molecule has 3 heteroatoms. The molecule has 2 unspecified atom stereocenters. The highest BCUT2D eigenvalue weighted by Gasteiger charge is 2.23. The SMILES string of the molecule is CCCNC(CCc1cnn(C)c1)CC(C)C(C)(C)C. The summed E-state index contributed by atoms with van der Waals surface area (Å²) in [5.74, 6) is 0.728. The van der Waals surface area contributed by atoms with E-state index in [9.17, 15) is 0 Å². The second-order valence-corrected chi connectivity index (χ2v) is 7.21. The van der Waals surface area contributed by atoms with Crippen LogP contribution in [0.1, 0.15) is 59.4 Å². The van der Waals surface area contributed by atoms with Gasteiger partial charge in [0.25, 0.3) is 0 Å². The Hall–Kier alpha value is -0.830. The minimum absolute atomic E-state index is 0.389. The van der Waals surface area contributed by atoms with E-state index in [0.717, 1.165) is 18.9 Å². The van der Waals surface area contributed by atoms with Crippen molar-refractivity contribution in [2.75, 3.05) is 6.54 Å². The summed E-state index contributed by atoms with van der Waals surface area (Å²) < 4.78 is 1.89. The molecule has 1 aromatic heterocycles. The zero-order valence-electron chi connectivity index (χ0n) is 14.2. The third-order valence-corrected chi connectivity index (χ3v) is 4.34. The van der Waals surface area contributed by atoms with Gasteiger partial charge in [-0.25, -0.2) is 0 Å². The van der Waals surface area contributed by atoms with Crippen LogP contribution in [0.2, 0.25) is 0 Å². The fraction of sp³-hybridized carbons (Fsp3) is 0.824. The Labute approximate surface area is 125 Å². The van der Waals surface area contributed by atoms with Crippen molar-refractivity contribution >= 4 is 0 Å². The number of aromatic nitrogens is 2. The lowest BCUT2D eigenvalue weighted by molar-refractivity contribution is 0.219. The molecule has 2 atom stereocenters. The molecule has 0 spiro atoms. The molecule has 0 bridgehead atoms. The molecule has 20 heavy (non-hydrogen) atoms. The Morgan fingerprint density at radius 2 is 2.05 bits per heavy atom. The van der Waals surface area contributed by atoms with Crippen LogP contribution in [0.5, 0.6) is 0 Å². The van der Waals surface area contributed by atoms with Gasteiger partial charge in [0, 0.05) is 19.3 Å². The molecular formula is C17H33N3. The summed E-state index contributed by atoms with van der Waals surface area (Å²) in [6.07, 6.45) is 8.89. The Morgan fingerprint density at radius 3 is 2.55 bits per heavy atom. The maximum atomic E-state index is 4.25. The van der Waals surface area contributed by atoms with Crippen molar-refractivity contribution in [3.63, 3.8) is 0 Å². The Kier molecular flexibility index (Phi) is 6.74. The molecule has 116 valence electrons. The van der Waals surface area contributed by atoms with Gasteiger partial charge in [0.1, 0.15) is 0 Å². The summed E-state index contributed by atoms with van der Waals surface area (Å²) in [6, 6.07) is 0.615. The molecule has 0 saturated heterocycles. The van der Waals surface area contributed by atoms with E-state index in [4.69, 9.17) is 0 Å². The molecule has 1 rings (SSSR count). The number of hydrogen-bond donors (Lipinski definition) is 1. The van der Waals surface area contributed by atoms with E-state index in [1.807, 2.05) is 17.9 Å². The largest absolute Gasteiger partial charge is 0.314 e. The number of rotatable bonds is 8. The summed E-state index contributed by atoms with van der Waals surface area (Å²) in [6.45, 7) is 12.8. The molecule has 0 aliphatic carbocycles. The number of hydrogen-bond acceptors (Lipinski definition) is 2. The zero-order valence-corrected chi connectivity index (χ0v) is 14.2. The molecule has 0 fully saturated rings. The molecule has 1 aromatic rings. The van der Waals surface area contributed by atoms with Crippen molar-refractivity contribution < 1.29 is 0 Å². The Morgan fingerprint density at radius 1 is 1.35 bits per heavy atom. The summed E-state index contributed by atoms with van der Waals surface area (Å²) in [4.78, 5) is 0. The summed E-state index contributed by atoms with van der Waals surface area (Å²) in [7, 11) is 1.98. The third kappa shape index (κ3) is 6.08. The minimum atomic E-state index is 0.389. The Balaban J connectivity index is 2.50. The van der Waals surface area contributed by atoms with E-state index in [0.29, 0.717) is 11.5 Å². The van der Waals surface area contributed by atoms with Gasteiger partial charge in [-0.15, -0.1) is 0 Å². The van der Waals surface area contributed by atoms with Crippen LogP contribution in [0.25, 0.3) is 0 Å². The standard InChI is InChI=1S/C17H33N3/c1-7-10-18-16(11-14(2)17(3,4)5)9-8-15-12-19-20(6)13-15/h12-14,16,18H,7-11H2,1-6H3. The normalized spacial score (nSPS) is 15.3. The Bertz CT molecular complexity index is 376. The van der Waals surface area contributed by atoms with Gasteiger partial charge in [0.05, 0.1) is 6.20 Å². The van der Waals surface area contributed by atoms with E-state index in [1.54, 1.807) is 0 Å². The molecule has 1 N–H and O–H groups in total. The lowest BCUT2D eigenvalue weighted by Crippen LogP contribution is -2.34. The van der Waals surface area contributed by atoms with E-state index >= 15 is 0 Å². The maximum Gasteiger partial charge on any atom is 0.0521 e. The van der Waals surface area contributed by atoms with Crippen LogP contribution < -0.4 is 5.32 Å². The van der Waals surface area contributed by atoms with Crippen LogP contribution in [0.4, 0.5) is 0 Å². The van der Waals surface area contributed by atoms with Gasteiger partial charge in [-0.05, 0) is 49.1 Å². The lowest BCUT2D eigenvalue weighted by Gasteiger charge is -2.31. The quantitative estimate of drug-likeness (QED) is 0.784. The molecule has 3 nitrogen and oxygen atoms in total. The summed E-state index contributed by atoms with van der Waals surface area (Å²) in [5.41, 5.74) is 1.74. The average Bonchev–Trinajstić information content (AvgIpc) is 2.77. The molecule has 0 saturated carbocycles. The van der Waals surface area contributed by atoms with Crippen LogP contribution in [-0.2, 0) is 13.5 Å². The molecule has 0 radical (unpaired) electrons. The van der Waals surface area contributed by atoms with Gasteiger partial charge >= 0.3 is 0 Å². The number of nitrogens with one attached hydrogen (secondary N) is 1. The van der Waals surface area contributed by atoms with E-state index in [1.165, 1.54) is 24.8 Å². The van der Waals surface area contributed by atoms with Gasteiger partial charge in [-0.3, -0.25) is 4.68 Å². The van der Waals surface area contributed by atoms with Crippen molar-refractivity contribution in [3.8, 4) is 0 Å². The second-order valence-electron chi connectivity index (χ2n) is 7.21. The van der Waals surface area contributed by atoms with E-state index in [2.05, 4.69) is 51.2 Å². The van der Waals surface area contributed by atoms with Crippen LogP contribution >= 0.6 is 0 Å². The highest BCUT2D eigenvalue weighted by atomic mass is 15.2. The van der Waals surface area contributed by atoms with E-state index in [-0.39, 0.29) is 0 Å². The van der Waals surface area contributed by atoms with Crippen LogP contribution in [0.15, 0.2) is 12.4 Å². The predicted molar refractivity (Wildman–Crippen MR) is 86.8 cm³/mol. The molecule has 0 aliphatic rings. The van der Waals surface area contributed by atoms with Gasteiger partial charge in [0.2, 0.25) is 0 Å². The van der Waals surface area contributed by atoms with Crippen molar-refractivity contribution in [3.05, 3.63) is 18.0 Å². The van der Waals surface area contributed by atoms with Crippen molar-refractivity contribution in [1.82, 2.24) is 15.1 Å². The van der Waals surface area contributed by atoms with Crippen LogP contribution in [-0.4, -0.2) is 22.4 Å². The second kappa shape index (κ2) is 7.82. The highest BCUT2D eigenvalue weighted by molar-refractivity contribution is 5.04. The lowest BCUT2D eigenvalue weighted by atomic mass is 9.78. The van der Waals surface area contributed by atoms with Crippen LogP contribution in [0.3, 0.4) is 0 Å². The third-order valence-electron chi connectivity index (χ3n) is 4.34. The highest BCUT2D eigenvalue weighted by Crippen LogP contribution is 2.29. The topological polar surface area (TPSA) is 29.9 Å². The first-order valence-electron chi connectivity index (χ1n) is 8.03. The first kappa shape index (κ1) is 17.2. The van der Waals surface area contributed by atoms with Gasteiger partial charge in [0.15, 0.2) is 0 Å². The van der Waals surface area contributed by atoms with Crippen molar-refractivity contribution in [2.45, 2.75) is 66.3 Å². The molecule has 0 aromatic carbocycles. The first-order valence-corrected chi connectivity index (χ1v) is 8.03. The van der Waals surface area contributed by atoms with Crippen LogP contribution in [0, 0.1) is 11.3 Å². The maximum absolute atomic E-state index is 4.25. The number of aryl methyl sites for hydroxylation is 2. The fourth-order valence-electron chi connectivity index (χ4n) is 2.37. The predicted octanol–water partition coefficient (Wildman–Crippen LogP) is 3.79. The van der Waals surface area contributed by atoms with Gasteiger partial charge < -0.3 is 5.32 Å². The van der Waals surface area contributed by atoms with Gasteiger partial charge in [-0.1, -0.05) is 34.6 Å². The molecule has 0 aliphatic heterocycles. The van der Waals surface area contributed by atoms with E-state index < -0.39 is 0 Å². The van der Waals surface area contributed by atoms with Crippen molar-refractivity contribution in [1.29, 1.82) is 0 Å².